The van der Waals surface area contributed by atoms with E-state index in [9.17, 15) is 5.11 Å². The molecular weight excluding hydrogens is 311 g/mol. The van der Waals surface area contributed by atoms with Crippen molar-refractivity contribution >= 4 is 8.41 Å². The zero-order valence-electron chi connectivity index (χ0n) is 13.9. The van der Waals surface area contributed by atoms with Crippen LogP contribution in [0.1, 0.15) is 24.0 Å². The first-order valence-electron chi connectivity index (χ1n) is 8.77. The number of pyridine rings is 1. The van der Waals surface area contributed by atoms with Crippen LogP contribution < -0.4 is 4.74 Å². The van der Waals surface area contributed by atoms with Crippen molar-refractivity contribution in [1.29, 1.82) is 0 Å². The molecule has 2 bridgehead atoms. The summed E-state index contributed by atoms with van der Waals surface area (Å²) in [6.07, 6.45) is 6.60. The van der Waals surface area contributed by atoms with E-state index in [1.165, 1.54) is 5.56 Å². The fourth-order valence-electron chi connectivity index (χ4n) is 4.02. The van der Waals surface area contributed by atoms with E-state index < -0.39 is 5.60 Å². The second-order valence-corrected chi connectivity index (χ2v) is 7.08. The van der Waals surface area contributed by atoms with Gasteiger partial charge in [0.25, 0.3) is 0 Å². The zero-order chi connectivity index (χ0) is 16.4. The first-order valence-corrected chi connectivity index (χ1v) is 8.77. The normalized spacial score (nSPS) is 27.6. The lowest BCUT2D eigenvalue weighted by Gasteiger charge is -2.50. The standard InChI is InChI=1S/C20H24N2O2.BH3/c23-20(14-22-11-7-18(20)8-12-22)15-24-19-4-2-1-3-17(19)13-16-5-9-21-10-6-16;/h1-6,9-10,18,23H,7-8,11-15H2;1H3. The second kappa shape index (κ2) is 7.59. The molecule has 25 heavy (non-hydrogen) atoms. The molecule has 0 amide bonds. The van der Waals surface area contributed by atoms with Crippen molar-refractivity contribution in [3.05, 3.63) is 59.9 Å². The number of benzene rings is 1. The molecule has 3 aliphatic heterocycles. The van der Waals surface area contributed by atoms with Crippen molar-refractivity contribution in [3.8, 4) is 5.75 Å². The monoisotopic (exact) mass is 338 g/mol. The molecule has 5 heteroatoms. The van der Waals surface area contributed by atoms with Gasteiger partial charge < -0.3 is 14.7 Å². The van der Waals surface area contributed by atoms with Gasteiger partial charge in [-0.1, -0.05) is 18.2 Å². The van der Waals surface area contributed by atoms with E-state index in [2.05, 4.69) is 16.0 Å². The average molecular weight is 338 g/mol. The number of para-hydroxylation sites is 1. The molecule has 1 atom stereocenters. The molecule has 1 N–H and O–H groups in total. The lowest BCUT2D eigenvalue weighted by Crippen LogP contribution is -2.61. The van der Waals surface area contributed by atoms with Crippen LogP contribution in [0, 0.1) is 5.92 Å². The summed E-state index contributed by atoms with van der Waals surface area (Å²) in [6, 6.07) is 12.2. The highest BCUT2D eigenvalue weighted by Crippen LogP contribution is 2.36. The van der Waals surface area contributed by atoms with Crippen molar-refractivity contribution in [2.45, 2.75) is 24.9 Å². The molecule has 1 aromatic heterocycles. The van der Waals surface area contributed by atoms with Gasteiger partial charge in [-0.15, -0.1) is 0 Å². The highest BCUT2D eigenvalue weighted by atomic mass is 16.5. The molecular formula is C20H27BN2O2. The molecule has 0 aliphatic carbocycles. The van der Waals surface area contributed by atoms with E-state index in [0.29, 0.717) is 12.5 Å². The van der Waals surface area contributed by atoms with Gasteiger partial charge in [0, 0.05) is 25.4 Å². The number of aliphatic hydroxyl groups is 1. The Bertz CT molecular complexity index is 689. The van der Waals surface area contributed by atoms with E-state index in [1.807, 2.05) is 42.7 Å². The number of rotatable bonds is 5. The predicted octanol–water partition coefficient (Wildman–Crippen LogP) is 1.32. The van der Waals surface area contributed by atoms with E-state index >= 15 is 0 Å². The van der Waals surface area contributed by atoms with Crippen LogP contribution in [0.5, 0.6) is 5.75 Å². The van der Waals surface area contributed by atoms with Gasteiger partial charge in [-0.2, -0.15) is 0 Å². The van der Waals surface area contributed by atoms with Gasteiger partial charge in [-0.3, -0.25) is 4.98 Å². The Balaban J connectivity index is 0.00000182. The van der Waals surface area contributed by atoms with E-state index in [0.717, 1.165) is 50.2 Å². The Morgan fingerprint density at radius 2 is 1.84 bits per heavy atom. The lowest BCUT2D eigenvalue weighted by atomic mass is 9.76. The summed E-state index contributed by atoms with van der Waals surface area (Å²) in [7, 11) is 0. The molecule has 4 heterocycles. The number of aromatic nitrogens is 1. The molecule has 1 unspecified atom stereocenters. The number of fused-ring (bicyclic) bond motifs is 3. The Morgan fingerprint density at radius 1 is 1.12 bits per heavy atom. The third kappa shape index (κ3) is 3.88. The van der Waals surface area contributed by atoms with Crippen LogP contribution in [-0.4, -0.2) is 55.2 Å². The average Bonchev–Trinajstić information content (AvgIpc) is 2.63. The van der Waals surface area contributed by atoms with Gasteiger partial charge in [0.2, 0.25) is 0 Å². The molecule has 4 nitrogen and oxygen atoms in total. The minimum absolute atomic E-state index is 0. The van der Waals surface area contributed by atoms with Gasteiger partial charge >= 0.3 is 0 Å². The molecule has 3 saturated heterocycles. The highest BCUT2D eigenvalue weighted by Gasteiger charge is 2.46. The van der Waals surface area contributed by atoms with E-state index in [-0.39, 0.29) is 8.41 Å². The van der Waals surface area contributed by atoms with Crippen LogP contribution in [0.2, 0.25) is 0 Å². The molecule has 2 aromatic rings. The largest absolute Gasteiger partial charge is 0.490 e. The summed E-state index contributed by atoms with van der Waals surface area (Å²) in [5.41, 5.74) is 1.65. The fraction of sp³-hybridized carbons (Fsp3) is 0.450. The van der Waals surface area contributed by atoms with Crippen LogP contribution in [0.3, 0.4) is 0 Å². The highest BCUT2D eigenvalue weighted by molar-refractivity contribution is 5.75. The Morgan fingerprint density at radius 3 is 2.52 bits per heavy atom. The minimum atomic E-state index is -0.708. The van der Waals surface area contributed by atoms with E-state index in [4.69, 9.17) is 4.74 Å². The number of piperidine rings is 3. The summed E-state index contributed by atoms with van der Waals surface area (Å²) in [6.45, 7) is 3.35. The first-order chi connectivity index (χ1) is 11.7. The van der Waals surface area contributed by atoms with Gasteiger partial charge in [0.15, 0.2) is 0 Å². The second-order valence-electron chi connectivity index (χ2n) is 7.08. The summed E-state index contributed by atoms with van der Waals surface area (Å²) >= 11 is 0. The van der Waals surface area contributed by atoms with E-state index in [1.54, 1.807) is 0 Å². The summed E-state index contributed by atoms with van der Waals surface area (Å²) in [4.78, 5) is 6.42. The van der Waals surface area contributed by atoms with Crippen LogP contribution in [-0.2, 0) is 6.42 Å². The summed E-state index contributed by atoms with van der Waals surface area (Å²) in [5, 5.41) is 11.0. The van der Waals surface area contributed by atoms with Gasteiger partial charge in [0.1, 0.15) is 18.0 Å². The smallest absolute Gasteiger partial charge is 0.122 e. The molecule has 3 aliphatic rings. The molecule has 132 valence electrons. The zero-order valence-corrected chi connectivity index (χ0v) is 13.9. The predicted molar refractivity (Wildman–Crippen MR) is 103 cm³/mol. The quantitative estimate of drug-likeness (QED) is 0.836. The van der Waals surface area contributed by atoms with Crippen molar-refractivity contribution in [2.75, 3.05) is 26.2 Å². The number of hydrogen-bond donors (Lipinski definition) is 1. The maximum atomic E-state index is 11.0. The number of nitrogens with zero attached hydrogens (tertiary/aromatic N) is 2. The molecule has 1 aromatic carbocycles. The van der Waals surface area contributed by atoms with Crippen LogP contribution >= 0.6 is 0 Å². The van der Waals surface area contributed by atoms with Crippen molar-refractivity contribution in [3.63, 3.8) is 0 Å². The molecule has 3 fully saturated rings. The van der Waals surface area contributed by atoms with Crippen LogP contribution in [0.25, 0.3) is 0 Å². The van der Waals surface area contributed by atoms with Crippen molar-refractivity contribution in [1.82, 2.24) is 9.88 Å². The van der Waals surface area contributed by atoms with Gasteiger partial charge in [-0.05, 0) is 61.2 Å². The SMILES string of the molecule is B.OC1(COc2ccccc2Cc2ccncc2)CN2CCC1CC2. The summed E-state index contributed by atoms with van der Waals surface area (Å²) < 4.78 is 6.11. The maximum Gasteiger partial charge on any atom is 0.122 e. The molecule has 5 rings (SSSR count). The molecule has 0 radical (unpaired) electrons. The topological polar surface area (TPSA) is 45.6 Å². The first kappa shape index (κ1) is 18.0. The molecule has 0 saturated carbocycles. The third-order valence-electron chi connectivity index (χ3n) is 5.44. The summed E-state index contributed by atoms with van der Waals surface area (Å²) in [5.74, 6) is 1.24. The minimum Gasteiger partial charge on any atom is -0.490 e. The lowest BCUT2D eigenvalue weighted by molar-refractivity contribution is -0.131. The Hall–Kier alpha value is -1.85. The van der Waals surface area contributed by atoms with Crippen LogP contribution in [0.4, 0.5) is 0 Å². The van der Waals surface area contributed by atoms with Gasteiger partial charge in [0.05, 0.1) is 8.41 Å². The Labute approximate surface area is 151 Å². The Kier molecular flexibility index (Phi) is 5.45. The molecule has 0 spiro atoms. The van der Waals surface area contributed by atoms with Crippen molar-refractivity contribution < 1.29 is 9.84 Å². The van der Waals surface area contributed by atoms with Crippen LogP contribution in [0.15, 0.2) is 48.8 Å². The number of hydrogen-bond acceptors (Lipinski definition) is 4. The fourth-order valence-corrected chi connectivity index (χ4v) is 4.02. The van der Waals surface area contributed by atoms with Gasteiger partial charge in [-0.25, -0.2) is 0 Å². The maximum absolute atomic E-state index is 11.0. The van der Waals surface area contributed by atoms with Crippen molar-refractivity contribution in [2.24, 2.45) is 5.92 Å². The number of ether oxygens (including phenoxy) is 1. The third-order valence-corrected chi connectivity index (χ3v) is 5.44.